The summed E-state index contributed by atoms with van der Waals surface area (Å²) in [6, 6.07) is 3.57. The van der Waals surface area contributed by atoms with Crippen molar-refractivity contribution in [2.24, 2.45) is 0 Å². The minimum Gasteiger partial charge on any atom is -0.467 e. The first-order valence-electron chi connectivity index (χ1n) is 7.83. The number of ether oxygens (including phenoxy) is 1. The molecule has 0 aliphatic carbocycles. The van der Waals surface area contributed by atoms with Crippen molar-refractivity contribution in [3.8, 4) is 0 Å². The van der Waals surface area contributed by atoms with Crippen LogP contribution >= 0.6 is 0 Å². The first-order chi connectivity index (χ1) is 12.2. The Hall–Kier alpha value is -2.69. The van der Waals surface area contributed by atoms with Gasteiger partial charge in [0, 0.05) is 6.42 Å². The van der Waals surface area contributed by atoms with E-state index in [2.05, 4.69) is 20.3 Å². The third-order valence-corrected chi connectivity index (χ3v) is 4.14. The number of anilines is 1. The Morgan fingerprint density at radius 3 is 3.08 bits per heavy atom. The summed E-state index contributed by atoms with van der Waals surface area (Å²) in [4.78, 5) is 23.3. The van der Waals surface area contributed by atoms with Crippen LogP contribution in [-0.2, 0) is 11.3 Å². The topological polar surface area (TPSA) is 138 Å². The first-order valence-corrected chi connectivity index (χ1v) is 7.83. The lowest BCUT2D eigenvalue weighted by Crippen LogP contribution is -2.24. The molecule has 4 N–H and O–H groups in total. The fourth-order valence-electron chi connectivity index (χ4n) is 2.85. The maximum absolute atomic E-state index is 12.2. The quantitative estimate of drug-likeness (QED) is 0.504. The van der Waals surface area contributed by atoms with Crippen LogP contribution in [-0.4, -0.2) is 48.5 Å². The second-order valence-corrected chi connectivity index (χ2v) is 5.79. The van der Waals surface area contributed by atoms with E-state index in [9.17, 15) is 15.0 Å². The maximum atomic E-state index is 12.2. The molecule has 10 nitrogen and oxygen atoms in total. The zero-order valence-corrected chi connectivity index (χ0v) is 13.1. The van der Waals surface area contributed by atoms with E-state index in [0.717, 1.165) is 0 Å². The Morgan fingerprint density at radius 2 is 2.36 bits per heavy atom. The van der Waals surface area contributed by atoms with Gasteiger partial charge in [-0.1, -0.05) is 0 Å². The van der Waals surface area contributed by atoms with E-state index in [4.69, 9.17) is 9.15 Å². The predicted molar refractivity (Wildman–Crippen MR) is 85.8 cm³/mol. The number of aromatic amines is 1. The first kappa shape index (κ1) is 15.8. The lowest BCUT2D eigenvalue weighted by atomic mass is 10.2. The summed E-state index contributed by atoms with van der Waals surface area (Å²) >= 11 is 0. The molecule has 3 aromatic rings. The van der Waals surface area contributed by atoms with Gasteiger partial charge in [0.1, 0.15) is 18.1 Å². The monoisotopic (exact) mass is 347 g/mol. The molecule has 0 unspecified atom stereocenters. The van der Waals surface area contributed by atoms with Crippen molar-refractivity contribution in [3.63, 3.8) is 0 Å². The van der Waals surface area contributed by atoms with Gasteiger partial charge in [-0.05, 0) is 12.1 Å². The van der Waals surface area contributed by atoms with Crippen LogP contribution in [0.25, 0.3) is 11.2 Å². The van der Waals surface area contributed by atoms with E-state index in [1.807, 2.05) is 0 Å². The van der Waals surface area contributed by atoms with E-state index in [1.165, 1.54) is 6.33 Å². The highest BCUT2D eigenvalue weighted by Gasteiger charge is 2.35. The summed E-state index contributed by atoms with van der Waals surface area (Å²) < 4.78 is 12.4. The normalized spacial score (nSPS) is 23.4. The van der Waals surface area contributed by atoms with Gasteiger partial charge in [-0.2, -0.15) is 4.98 Å². The molecule has 0 aromatic carbocycles. The molecule has 0 bridgehead atoms. The highest BCUT2D eigenvalue weighted by molar-refractivity contribution is 5.70. The summed E-state index contributed by atoms with van der Waals surface area (Å²) in [5.74, 6) is 0.970. The fraction of sp³-hybridized carbons (Fsp3) is 0.400. The molecule has 132 valence electrons. The van der Waals surface area contributed by atoms with Crippen LogP contribution in [0, 0.1) is 0 Å². The molecule has 1 fully saturated rings. The molecule has 3 atom stereocenters. The van der Waals surface area contributed by atoms with Crippen molar-refractivity contribution in [1.82, 2.24) is 19.5 Å². The SMILES string of the molecule is O=c1[nH]c(NCc2ccco2)nc2c1ncn2[C@H]1C[C@H](O)[C@@H](CO)O1. The minimum absolute atomic E-state index is 0.175. The number of aliphatic hydroxyl groups excluding tert-OH is 2. The van der Waals surface area contributed by atoms with Crippen molar-refractivity contribution in [2.75, 3.05) is 11.9 Å². The molecule has 0 spiro atoms. The number of furan rings is 1. The molecular weight excluding hydrogens is 330 g/mol. The average Bonchev–Trinajstić information content (AvgIpc) is 3.32. The molecule has 4 rings (SSSR count). The highest BCUT2D eigenvalue weighted by Crippen LogP contribution is 2.30. The van der Waals surface area contributed by atoms with Crippen LogP contribution in [0.2, 0.25) is 0 Å². The van der Waals surface area contributed by atoms with Gasteiger partial charge < -0.3 is 24.7 Å². The van der Waals surface area contributed by atoms with Gasteiger partial charge in [-0.15, -0.1) is 0 Å². The van der Waals surface area contributed by atoms with Crippen molar-refractivity contribution < 1.29 is 19.4 Å². The number of H-pyrrole nitrogens is 1. The number of nitrogens with one attached hydrogen (secondary N) is 2. The molecule has 1 saturated heterocycles. The molecule has 1 aliphatic heterocycles. The fourth-order valence-corrected chi connectivity index (χ4v) is 2.85. The van der Waals surface area contributed by atoms with Gasteiger partial charge in [-0.3, -0.25) is 14.3 Å². The Bertz CT molecular complexity index is 918. The van der Waals surface area contributed by atoms with Crippen molar-refractivity contribution in [2.45, 2.75) is 31.4 Å². The number of imidazole rings is 1. The number of fused-ring (bicyclic) bond motifs is 1. The number of rotatable bonds is 5. The van der Waals surface area contributed by atoms with Gasteiger partial charge in [0.05, 0.1) is 31.8 Å². The van der Waals surface area contributed by atoms with E-state index in [1.54, 1.807) is 23.0 Å². The molecule has 0 saturated carbocycles. The molecule has 0 amide bonds. The molecular formula is C15H17N5O5. The van der Waals surface area contributed by atoms with Gasteiger partial charge in [-0.25, -0.2) is 4.98 Å². The second-order valence-electron chi connectivity index (χ2n) is 5.79. The molecule has 25 heavy (non-hydrogen) atoms. The van der Waals surface area contributed by atoms with Crippen molar-refractivity contribution in [1.29, 1.82) is 0 Å². The Labute approximate surface area is 141 Å². The van der Waals surface area contributed by atoms with E-state index >= 15 is 0 Å². The van der Waals surface area contributed by atoms with Gasteiger partial charge in [0.15, 0.2) is 11.2 Å². The van der Waals surface area contributed by atoms with Crippen LogP contribution in [0.4, 0.5) is 5.95 Å². The largest absolute Gasteiger partial charge is 0.467 e. The van der Waals surface area contributed by atoms with Gasteiger partial charge in [0.2, 0.25) is 5.95 Å². The van der Waals surface area contributed by atoms with Crippen LogP contribution in [0.15, 0.2) is 33.9 Å². The molecule has 0 radical (unpaired) electrons. The minimum atomic E-state index is -0.786. The number of hydrogen-bond donors (Lipinski definition) is 4. The van der Waals surface area contributed by atoms with Crippen molar-refractivity contribution >= 4 is 17.1 Å². The van der Waals surface area contributed by atoms with Gasteiger partial charge in [0.25, 0.3) is 5.56 Å². The maximum Gasteiger partial charge on any atom is 0.280 e. The summed E-state index contributed by atoms with van der Waals surface area (Å²) in [6.07, 6.45) is 1.28. The number of nitrogens with zero attached hydrogens (tertiary/aromatic N) is 3. The Balaban J connectivity index is 1.64. The third kappa shape index (κ3) is 2.90. The van der Waals surface area contributed by atoms with E-state index in [0.29, 0.717) is 18.0 Å². The highest BCUT2D eigenvalue weighted by atomic mass is 16.5. The van der Waals surface area contributed by atoms with Crippen LogP contribution in [0.1, 0.15) is 18.4 Å². The predicted octanol–water partition coefficient (Wildman–Crippen LogP) is -0.0346. The lowest BCUT2D eigenvalue weighted by Gasteiger charge is -2.13. The molecule has 4 heterocycles. The van der Waals surface area contributed by atoms with E-state index in [-0.39, 0.29) is 30.1 Å². The van der Waals surface area contributed by atoms with Crippen LogP contribution < -0.4 is 10.9 Å². The van der Waals surface area contributed by atoms with Gasteiger partial charge >= 0.3 is 0 Å². The summed E-state index contributed by atoms with van der Waals surface area (Å²) in [5, 5.41) is 22.1. The number of aliphatic hydroxyl groups is 2. The zero-order chi connectivity index (χ0) is 17.4. The summed E-state index contributed by atoms with van der Waals surface area (Å²) in [7, 11) is 0. The average molecular weight is 347 g/mol. The summed E-state index contributed by atoms with van der Waals surface area (Å²) in [5.41, 5.74) is 0.124. The summed E-state index contributed by atoms with van der Waals surface area (Å²) in [6.45, 7) is 0.0784. The zero-order valence-electron chi connectivity index (χ0n) is 13.1. The Morgan fingerprint density at radius 1 is 1.48 bits per heavy atom. The third-order valence-electron chi connectivity index (χ3n) is 4.14. The number of hydrogen-bond acceptors (Lipinski definition) is 8. The lowest BCUT2D eigenvalue weighted by molar-refractivity contribution is -0.0432. The standard InChI is InChI=1S/C15H17N5O5/c21-6-10-9(22)4-11(25-10)20-7-17-12-13(20)18-15(19-14(12)23)16-5-8-2-1-3-24-8/h1-3,7,9-11,21-22H,4-6H2,(H2,16,18,19,23)/t9-,10+,11+/m0/s1. The smallest absolute Gasteiger partial charge is 0.280 e. The van der Waals surface area contributed by atoms with Crippen LogP contribution in [0.5, 0.6) is 0 Å². The number of aromatic nitrogens is 4. The second kappa shape index (κ2) is 6.31. The molecule has 10 heteroatoms. The van der Waals surface area contributed by atoms with Crippen LogP contribution in [0.3, 0.4) is 0 Å². The van der Waals surface area contributed by atoms with E-state index < -0.39 is 18.4 Å². The Kier molecular flexibility index (Phi) is 3.99. The molecule has 3 aromatic heterocycles. The van der Waals surface area contributed by atoms with Crippen molar-refractivity contribution in [3.05, 3.63) is 40.8 Å². The molecule has 1 aliphatic rings.